The van der Waals surface area contributed by atoms with Crippen LogP contribution in [0.3, 0.4) is 0 Å². The number of aromatic nitrogens is 1. The molecule has 1 fully saturated rings. The summed E-state index contributed by atoms with van der Waals surface area (Å²) in [5, 5.41) is 4.16. The number of piperidine rings is 1. The maximum Gasteiger partial charge on any atom is 0.224 e. The lowest BCUT2D eigenvalue weighted by atomic mass is 9.97. The van der Waals surface area contributed by atoms with Gasteiger partial charge < -0.3 is 20.9 Å². The number of nitrogens with one attached hydrogen (secondary N) is 2. The van der Waals surface area contributed by atoms with Gasteiger partial charge in [-0.15, -0.1) is 0 Å². The van der Waals surface area contributed by atoms with Crippen molar-refractivity contribution in [2.24, 2.45) is 11.7 Å². The third-order valence-corrected chi connectivity index (χ3v) is 5.57. The molecule has 1 aliphatic heterocycles. The van der Waals surface area contributed by atoms with Gasteiger partial charge in [0.2, 0.25) is 11.8 Å². The summed E-state index contributed by atoms with van der Waals surface area (Å²) in [6, 6.07) is 4.30. The highest BCUT2D eigenvalue weighted by molar-refractivity contribution is 5.92. The van der Waals surface area contributed by atoms with Crippen molar-refractivity contribution < 1.29 is 9.59 Å². The van der Waals surface area contributed by atoms with E-state index in [0.717, 1.165) is 48.1 Å². The molecule has 1 atom stereocenters. The molecule has 0 aliphatic carbocycles. The number of primary amides is 1. The van der Waals surface area contributed by atoms with E-state index in [4.69, 9.17) is 5.73 Å². The first kappa shape index (κ1) is 19.4. The molecule has 146 valence electrons. The topological polar surface area (TPSA) is 91.2 Å². The van der Waals surface area contributed by atoms with Gasteiger partial charge in [0.15, 0.2) is 0 Å². The molecule has 1 saturated heterocycles. The molecule has 27 heavy (non-hydrogen) atoms. The fourth-order valence-electron chi connectivity index (χ4n) is 4.13. The molecule has 1 aromatic carbocycles. The molecule has 2 aromatic rings. The Morgan fingerprint density at radius 3 is 2.81 bits per heavy atom. The van der Waals surface area contributed by atoms with E-state index < -0.39 is 0 Å². The molecule has 0 radical (unpaired) electrons. The van der Waals surface area contributed by atoms with Crippen molar-refractivity contribution in [3.05, 3.63) is 34.5 Å². The highest BCUT2D eigenvalue weighted by Gasteiger charge is 2.23. The molecule has 4 N–H and O–H groups in total. The van der Waals surface area contributed by atoms with Crippen molar-refractivity contribution in [1.82, 2.24) is 15.2 Å². The third-order valence-electron chi connectivity index (χ3n) is 5.57. The van der Waals surface area contributed by atoms with Gasteiger partial charge >= 0.3 is 0 Å². The van der Waals surface area contributed by atoms with E-state index in [2.05, 4.69) is 41.2 Å². The molecule has 1 aliphatic rings. The number of nitrogens with two attached hydrogens (primary N) is 1. The van der Waals surface area contributed by atoms with Gasteiger partial charge in [-0.1, -0.05) is 11.6 Å². The molecule has 2 heterocycles. The Labute approximate surface area is 160 Å². The standard InChI is InChI=1S/C21H30N4O2/c1-13-9-14(2)20-18(10-13)17(15(3)24-20)11-19(26)23-6-8-25-7-4-5-16(12-25)21(22)27/h9-10,16,24H,4-8,11-12H2,1-3H3,(H2,22,27)(H,23,26). The molecule has 1 aromatic heterocycles. The zero-order valence-corrected chi connectivity index (χ0v) is 16.5. The molecule has 1 unspecified atom stereocenters. The SMILES string of the molecule is Cc1cc(C)c2[nH]c(C)c(CC(=O)NCCN3CCCC(C(N)=O)C3)c2c1. The maximum atomic E-state index is 12.5. The Morgan fingerprint density at radius 1 is 1.30 bits per heavy atom. The molecule has 0 spiro atoms. The summed E-state index contributed by atoms with van der Waals surface area (Å²) in [4.78, 5) is 29.5. The summed E-state index contributed by atoms with van der Waals surface area (Å²) < 4.78 is 0. The summed E-state index contributed by atoms with van der Waals surface area (Å²) in [7, 11) is 0. The van der Waals surface area contributed by atoms with Gasteiger partial charge in [-0.05, 0) is 57.4 Å². The molecule has 3 rings (SSSR count). The number of carbonyl (C=O) groups excluding carboxylic acids is 2. The number of amides is 2. The lowest BCUT2D eigenvalue weighted by Crippen LogP contribution is -2.44. The van der Waals surface area contributed by atoms with Crippen molar-refractivity contribution in [1.29, 1.82) is 0 Å². The van der Waals surface area contributed by atoms with Crippen LogP contribution in [0, 0.1) is 26.7 Å². The van der Waals surface area contributed by atoms with Gasteiger partial charge in [0, 0.05) is 36.2 Å². The lowest BCUT2D eigenvalue weighted by Gasteiger charge is -2.31. The van der Waals surface area contributed by atoms with E-state index in [-0.39, 0.29) is 17.7 Å². The van der Waals surface area contributed by atoms with Gasteiger partial charge in [-0.3, -0.25) is 9.59 Å². The van der Waals surface area contributed by atoms with E-state index in [9.17, 15) is 9.59 Å². The second-order valence-electron chi connectivity index (χ2n) is 7.80. The maximum absolute atomic E-state index is 12.5. The molecular weight excluding hydrogens is 340 g/mol. The minimum absolute atomic E-state index is 0.0293. The Morgan fingerprint density at radius 2 is 2.07 bits per heavy atom. The molecule has 0 bridgehead atoms. The average molecular weight is 370 g/mol. The first-order valence-electron chi connectivity index (χ1n) is 9.72. The number of rotatable bonds is 6. The summed E-state index contributed by atoms with van der Waals surface area (Å²) in [5.41, 5.74) is 11.1. The van der Waals surface area contributed by atoms with Crippen molar-refractivity contribution in [2.45, 2.75) is 40.0 Å². The minimum atomic E-state index is -0.218. The van der Waals surface area contributed by atoms with Crippen molar-refractivity contribution >= 4 is 22.7 Å². The first-order valence-corrected chi connectivity index (χ1v) is 9.72. The van der Waals surface area contributed by atoms with Crippen LogP contribution >= 0.6 is 0 Å². The zero-order chi connectivity index (χ0) is 19.6. The van der Waals surface area contributed by atoms with Crippen LogP contribution in [-0.2, 0) is 16.0 Å². The second kappa shape index (κ2) is 8.13. The molecule has 0 saturated carbocycles. The number of hydrogen-bond donors (Lipinski definition) is 3. The van der Waals surface area contributed by atoms with Crippen LogP contribution in [0.15, 0.2) is 12.1 Å². The number of benzene rings is 1. The number of nitrogens with zero attached hydrogens (tertiary/aromatic N) is 1. The second-order valence-corrected chi connectivity index (χ2v) is 7.80. The Bertz CT molecular complexity index is 855. The fraction of sp³-hybridized carbons (Fsp3) is 0.524. The van der Waals surface area contributed by atoms with Crippen LogP contribution in [0.1, 0.15) is 35.2 Å². The zero-order valence-electron chi connectivity index (χ0n) is 16.5. The van der Waals surface area contributed by atoms with Gasteiger partial charge in [0.05, 0.1) is 12.3 Å². The van der Waals surface area contributed by atoms with Crippen LogP contribution in [0.2, 0.25) is 0 Å². The van der Waals surface area contributed by atoms with Gasteiger partial charge in [0.1, 0.15) is 0 Å². The Hall–Kier alpha value is -2.34. The number of carbonyl (C=O) groups is 2. The van der Waals surface area contributed by atoms with Crippen LogP contribution in [0.5, 0.6) is 0 Å². The average Bonchev–Trinajstić information content (AvgIpc) is 2.91. The number of H-pyrrole nitrogens is 1. The van der Waals surface area contributed by atoms with Crippen molar-refractivity contribution in [2.75, 3.05) is 26.2 Å². The number of aryl methyl sites for hydroxylation is 3. The fourth-order valence-corrected chi connectivity index (χ4v) is 4.13. The third kappa shape index (κ3) is 4.50. The summed E-state index contributed by atoms with van der Waals surface area (Å²) in [6.07, 6.45) is 2.23. The lowest BCUT2D eigenvalue weighted by molar-refractivity contribution is -0.124. The van der Waals surface area contributed by atoms with Crippen LogP contribution in [0.25, 0.3) is 10.9 Å². The van der Waals surface area contributed by atoms with Crippen LogP contribution in [0.4, 0.5) is 0 Å². The van der Waals surface area contributed by atoms with Crippen molar-refractivity contribution in [3.8, 4) is 0 Å². The summed E-state index contributed by atoms with van der Waals surface area (Å²) in [6.45, 7) is 9.19. The van der Waals surface area contributed by atoms with Crippen molar-refractivity contribution in [3.63, 3.8) is 0 Å². The van der Waals surface area contributed by atoms with E-state index in [1.54, 1.807) is 0 Å². The number of hydrogen-bond acceptors (Lipinski definition) is 3. The smallest absolute Gasteiger partial charge is 0.224 e. The van der Waals surface area contributed by atoms with Gasteiger partial charge in [-0.25, -0.2) is 0 Å². The Kier molecular flexibility index (Phi) is 5.85. The summed E-state index contributed by atoms with van der Waals surface area (Å²) in [5.74, 6) is -0.249. The van der Waals surface area contributed by atoms with Gasteiger partial charge in [-0.2, -0.15) is 0 Å². The predicted molar refractivity (Wildman–Crippen MR) is 108 cm³/mol. The minimum Gasteiger partial charge on any atom is -0.369 e. The largest absolute Gasteiger partial charge is 0.369 e. The number of likely N-dealkylation sites (tertiary alicyclic amines) is 1. The summed E-state index contributed by atoms with van der Waals surface area (Å²) >= 11 is 0. The highest BCUT2D eigenvalue weighted by Crippen LogP contribution is 2.26. The molecule has 2 amide bonds. The number of fused-ring (bicyclic) bond motifs is 1. The van der Waals surface area contributed by atoms with E-state index in [0.29, 0.717) is 19.5 Å². The quantitative estimate of drug-likeness (QED) is 0.726. The molecular formula is C21H30N4O2. The highest BCUT2D eigenvalue weighted by atomic mass is 16.2. The van der Waals surface area contributed by atoms with E-state index >= 15 is 0 Å². The van der Waals surface area contributed by atoms with E-state index in [1.165, 1.54) is 11.1 Å². The monoisotopic (exact) mass is 370 g/mol. The first-order chi connectivity index (χ1) is 12.8. The van der Waals surface area contributed by atoms with Crippen LogP contribution in [-0.4, -0.2) is 47.9 Å². The molecule has 6 nitrogen and oxygen atoms in total. The number of aromatic amines is 1. The van der Waals surface area contributed by atoms with Crippen LogP contribution < -0.4 is 11.1 Å². The normalized spacial score (nSPS) is 18.0. The molecule has 6 heteroatoms. The van der Waals surface area contributed by atoms with Gasteiger partial charge in [0.25, 0.3) is 0 Å². The predicted octanol–water partition coefficient (Wildman–Crippen LogP) is 1.95. The Balaban J connectivity index is 1.56. The van der Waals surface area contributed by atoms with E-state index in [1.807, 2.05) is 6.92 Å².